The Bertz CT molecular complexity index is 1720. The summed E-state index contributed by atoms with van der Waals surface area (Å²) >= 11 is 0. The zero-order valence-corrected chi connectivity index (χ0v) is 26.4. The molecule has 47 heavy (non-hydrogen) atoms. The molecule has 1 saturated carbocycles. The van der Waals surface area contributed by atoms with Crippen LogP contribution < -0.4 is 20.3 Å². The van der Waals surface area contributed by atoms with Crippen molar-refractivity contribution in [1.29, 1.82) is 0 Å². The number of ether oxygens (including phenoxy) is 3. The van der Waals surface area contributed by atoms with Crippen LogP contribution in [0.15, 0.2) is 71.5 Å². The van der Waals surface area contributed by atoms with Gasteiger partial charge in [-0.3, -0.25) is 33.6 Å². The van der Waals surface area contributed by atoms with E-state index in [-0.39, 0.29) is 24.5 Å². The molecule has 4 rings (SSSR count). The van der Waals surface area contributed by atoms with Crippen molar-refractivity contribution in [2.45, 2.75) is 52.4 Å². The fraction of sp³-hybridized carbons (Fsp3) is 0.343. The van der Waals surface area contributed by atoms with Crippen molar-refractivity contribution in [2.75, 3.05) is 7.11 Å². The van der Waals surface area contributed by atoms with E-state index in [9.17, 15) is 33.6 Å². The Morgan fingerprint density at radius 2 is 1.51 bits per heavy atom. The summed E-state index contributed by atoms with van der Waals surface area (Å²) in [5.41, 5.74) is 0.224. The first-order valence-electron chi connectivity index (χ1n) is 15.1. The normalized spacial score (nSPS) is 20.2. The van der Waals surface area contributed by atoms with E-state index in [1.807, 2.05) is 6.07 Å². The smallest absolute Gasteiger partial charge is 0.308 e. The van der Waals surface area contributed by atoms with E-state index in [0.717, 1.165) is 11.6 Å². The van der Waals surface area contributed by atoms with Gasteiger partial charge in [0.05, 0.1) is 24.9 Å². The molecule has 0 unspecified atom stereocenters. The molecule has 12 heteroatoms. The molecule has 0 bridgehead atoms. The molecule has 0 aliphatic heterocycles. The number of H-pyrrole nitrogens is 1. The van der Waals surface area contributed by atoms with E-state index in [1.165, 1.54) is 14.0 Å². The number of amides is 1. The van der Waals surface area contributed by atoms with Crippen LogP contribution >= 0.6 is 0 Å². The lowest BCUT2D eigenvalue weighted by molar-refractivity contribution is -0.163. The first-order chi connectivity index (χ1) is 22.4. The molecular formula is C35H36N2O10. The summed E-state index contributed by atoms with van der Waals surface area (Å²) in [5.74, 6) is -9.47. The van der Waals surface area contributed by atoms with Crippen molar-refractivity contribution in [3.63, 3.8) is 0 Å². The molecule has 4 atom stereocenters. The summed E-state index contributed by atoms with van der Waals surface area (Å²) in [6.07, 6.45) is -2.32. The van der Waals surface area contributed by atoms with Crippen LogP contribution in [0.2, 0.25) is 0 Å². The maximum atomic E-state index is 13.7. The second-order valence-electron chi connectivity index (χ2n) is 11.6. The van der Waals surface area contributed by atoms with Crippen molar-refractivity contribution >= 4 is 35.0 Å². The number of carbonyl (C=O) groups excluding carboxylic acids is 6. The van der Waals surface area contributed by atoms with Crippen molar-refractivity contribution in [1.82, 2.24) is 10.3 Å². The Balaban J connectivity index is 1.69. The number of aromatic amines is 1. The zero-order chi connectivity index (χ0) is 34.2. The summed E-state index contributed by atoms with van der Waals surface area (Å²) in [5, 5.41) is 2.34. The van der Waals surface area contributed by atoms with E-state index >= 15 is 0 Å². The molecule has 1 aliphatic rings. The first-order valence-corrected chi connectivity index (χ1v) is 15.1. The Hall–Kier alpha value is -5.39. The number of ketones is 4. The van der Waals surface area contributed by atoms with Crippen LogP contribution in [-0.2, 0) is 41.7 Å². The van der Waals surface area contributed by atoms with Gasteiger partial charge >= 0.3 is 5.97 Å². The number of carbonyl (C=O) groups is 6. The van der Waals surface area contributed by atoms with Gasteiger partial charge in [0.25, 0.3) is 11.5 Å². The number of pyridine rings is 1. The van der Waals surface area contributed by atoms with Crippen molar-refractivity contribution < 1.29 is 43.0 Å². The monoisotopic (exact) mass is 644 g/mol. The number of methoxy groups -OCH3 is 1. The Kier molecular flexibility index (Phi) is 11.2. The Morgan fingerprint density at radius 3 is 2.11 bits per heavy atom. The van der Waals surface area contributed by atoms with Gasteiger partial charge in [-0.25, -0.2) is 0 Å². The van der Waals surface area contributed by atoms with E-state index in [2.05, 4.69) is 10.3 Å². The van der Waals surface area contributed by atoms with Gasteiger partial charge < -0.3 is 24.5 Å². The van der Waals surface area contributed by atoms with Gasteiger partial charge in [0.1, 0.15) is 18.8 Å². The van der Waals surface area contributed by atoms with E-state index in [1.54, 1.807) is 68.4 Å². The molecule has 1 heterocycles. The van der Waals surface area contributed by atoms with Gasteiger partial charge in [-0.1, -0.05) is 81.4 Å². The quantitative estimate of drug-likeness (QED) is 0.247. The number of hydrogen-bond donors (Lipinski definition) is 2. The first kappa shape index (κ1) is 34.5. The number of hydrogen-bond acceptors (Lipinski definition) is 10. The topological polar surface area (TPSA) is 175 Å². The molecule has 2 N–H and O–H groups in total. The average Bonchev–Trinajstić information content (AvgIpc) is 3.08. The van der Waals surface area contributed by atoms with Crippen LogP contribution in [0.5, 0.6) is 11.5 Å². The minimum Gasteiger partial charge on any atom is -0.493 e. The lowest BCUT2D eigenvalue weighted by atomic mass is 9.81. The van der Waals surface area contributed by atoms with Gasteiger partial charge in [-0.15, -0.1) is 0 Å². The summed E-state index contributed by atoms with van der Waals surface area (Å²) in [4.78, 5) is 95.5. The Morgan fingerprint density at radius 1 is 0.894 bits per heavy atom. The second kappa shape index (κ2) is 15.3. The largest absolute Gasteiger partial charge is 0.493 e. The molecule has 1 amide bonds. The number of esters is 1. The number of rotatable bonds is 10. The van der Waals surface area contributed by atoms with E-state index < -0.39 is 82.6 Å². The fourth-order valence-electron chi connectivity index (χ4n) is 5.22. The molecular weight excluding hydrogens is 608 g/mol. The van der Waals surface area contributed by atoms with Crippen LogP contribution in [0.4, 0.5) is 0 Å². The predicted molar refractivity (Wildman–Crippen MR) is 168 cm³/mol. The van der Waals surface area contributed by atoms with Crippen molar-refractivity contribution in [3.05, 3.63) is 93.9 Å². The predicted octanol–water partition coefficient (Wildman–Crippen LogP) is 2.80. The van der Waals surface area contributed by atoms with E-state index in [0.29, 0.717) is 5.56 Å². The van der Waals surface area contributed by atoms with Crippen LogP contribution in [-0.4, -0.2) is 59.2 Å². The molecule has 0 radical (unpaired) electrons. The minimum absolute atomic E-state index is 0.0197. The Labute approximate surface area is 270 Å². The van der Waals surface area contributed by atoms with Crippen LogP contribution in [0.25, 0.3) is 0 Å². The van der Waals surface area contributed by atoms with E-state index in [4.69, 9.17) is 14.2 Å². The van der Waals surface area contributed by atoms with Crippen molar-refractivity contribution in [3.8, 4) is 11.5 Å². The van der Waals surface area contributed by atoms with Gasteiger partial charge in [0.2, 0.25) is 23.1 Å². The van der Waals surface area contributed by atoms with Gasteiger partial charge in [-0.05, 0) is 17.5 Å². The highest BCUT2D eigenvalue weighted by atomic mass is 16.5. The summed E-state index contributed by atoms with van der Waals surface area (Å²) in [6.45, 7) is 4.46. The highest BCUT2D eigenvalue weighted by molar-refractivity contribution is 6.44. The number of nitrogens with one attached hydrogen (secondary N) is 2. The lowest BCUT2D eigenvalue weighted by Gasteiger charge is -2.29. The van der Waals surface area contributed by atoms with Crippen LogP contribution in [0.3, 0.4) is 0 Å². The third kappa shape index (κ3) is 8.26. The summed E-state index contributed by atoms with van der Waals surface area (Å²) in [6, 6.07) is 16.9. The molecule has 1 aromatic heterocycles. The molecule has 2 aromatic carbocycles. The summed E-state index contributed by atoms with van der Waals surface area (Å²) < 4.78 is 16.7. The SMILES string of the molecule is COc1cc(=O)[nH]c(C(=O)N[C@H]2CC(=O)C(=O)[C@H](Cc3ccccc3)[C@H](OC(=O)C(C)C)[C@H](C)C(=O)C2=O)c1OCc1ccccc1. The maximum absolute atomic E-state index is 13.7. The van der Waals surface area contributed by atoms with Crippen LogP contribution in [0, 0.1) is 17.8 Å². The highest BCUT2D eigenvalue weighted by Gasteiger charge is 2.46. The third-order valence-corrected chi connectivity index (χ3v) is 7.83. The second-order valence-corrected chi connectivity index (χ2v) is 11.6. The number of aromatic nitrogens is 1. The maximum Gasteiger partial charge on any atom is 0.308 e. The number of Topliss-reactive ketones (excluding diaryl/α,β-unsaturated/α-hetero) is 4. The number of benzene rings is 2. The van der Waals surface area contributed by atoms with Gasteiger partial charge in [-0.2, -0.15) is 0 Å². The molecule has 3 aromatic rings. The van der Waals surface area contributed by atoms with Gasteiger partial charge in [0, 0.05) is 12.5 Å². The lowest BCUT2D eigenvalue weighted by Crippen LogP contribution is -2.48. The highest BCUT2D eigenvalue weighted by Crippen LogP contribution is 2.30. The molecule has 1 fully saturated rings. The minimum atomic E-state index is -1.78. The molecule has 246 valence electrons. The molecule has 1 aliphatic carbocycles. The standard InChI is InChI=1S/C35H36N2O10/c1-19(2)35(44)47-32-20(3)29(40)31(42)24(16-25(38)30(41)23(32)15-21-11-7-5-8-12-21)36-34(43)28-33(26(45-4)17-27(39)37-28)46-18-22-13-9-6-10-14-22/h5-14,17,19-20,23-24,32H,15-16,18H2,1-4H3,(H,36,43)(H,37,39)/t20-,23+,24+,32-/m1/s1. The molecule has 0 spiro atoms. The summed E-state index contributed by atoms with van der Waals surface area (Å²) in [7, 11) is 1.27. The molecule has 0 saturated heterocycles. The fourth-order valence-corrected chi connectivity index (χ4v) is 5.22. The van der Waals surface area contributed by atoms with Crippen LogP contribution in [0.1, 0.15) is 48.8 Å². The zero-order valence-electron chi connectivity index (χ0n) is 26.4. The average molecular weight is 645 g/mol. The molecule has 12 nitrogen and oxygen atoms in total. The van der Waals surface area contributed by atoms with Gasteiger partial charge in [0.15, 0.2) is 17.2 Å². The van der Waals surface area contributed by atoms with Crippen molar-refractivity contribution in [2.24, 2.45) is 17.8 Å². The third-order valence-electron chi connectivity index (χ3n) is 7.83.